The summed E-state index contributed by atoms with van der Waals surface area (Å²) < 4.78 is 0. The highest BCUT2D eigenvalue weighted by Crippen LogP contribution is 2.20. The number of para-hydroxylation sites is 1. The highest BCUT2D eigenvalue weighted by Gasteiger charge is 2.20. The molecule has 1 unspecified atom stereocenters. The van der Waals surface area contributed by atoms with Crippen molar-refractivity contribution in [1.29, 1.82) is 0 Å². The second-order valence-electron chi connectivity index (χ2n) is 7.51. The zero-order chi connectivity index (χ0) is 19.9. The molecule has 148 valence electrons. The Morgan fingerprint density at radius 3 is 2.46 bits per heavy atom. The molecular weight excluding hydrogens is 350 g/mol. The smallest absolute Gasteiger partial charge is 0.253 e. The predicted molar refractivity (Wildman–Crippen MR) is 112 cm³/mol. The van der Waals surface area contributed by atoms with Crippen molar-refractivity contribution in [3.8, 4) is 0 Å². The Bertz CT molecular complexity index is 828. The summed E-state index contributed by atoms with van der Waals surface area (Å²) >= 11 is 0. The topological polar surface area (TPSA) is 70.2 Å². The monoisotopic (exact) mass is 379 g/mol. The third kappa shape index (κ3) is 5.20. The first kappa shape index (κ1) is 20.1. The molecule has 0 bridgehead atoms. The summed E-state index contributed by atoms with van der Waals surface area (Å²) in [5.74, 6) is -0.286. The summed E-state index contributed by atoms with van der Waals surface area (Å²) in [7, 11) is 0. The molecular formula is C23H29N3O2. The lowest BCUT2D eigenvalue weighted by molar-refractivity contribution is -0.115. The molecule has 2 aromatic rings. The van der Waals surface area contributed by atoms with Crippen LogP contribution in [0.15, 0.2) is 48.5 Å². The number of hydrogen-bond acceptors (Lipinski definition) is 3. The Labute approximate surface area is 166 Å². The summed E-state index contributed by atoms with van der Waals surface area (Å²) in [4.78, 5) is 25.1. The number of benzene rings is 2. The van der Waals surface area contributed by atoms with Gasteiger partial charge in [0.2, 0.25) is 5.91 Å². The van der Waals surface area contributed by atoms with Crippen LogP contribution >= 0.6 is 0 Å². The van der Waals surface area contributed by atoms with Gasteiger partial charge in [0.15, 0.2) is 0 Å². The molecule has 2 amide bonds. The minimum Gasteiger partial charge on any atom is -0.349 e. The number of hydrogen-bond donors (Lipinski definition) is 3. The van der Waals surface area contributed by atoms with Gasteiger partial charge in [-0.05, 0) is 49.9 Å². The zero-order valence-electron chi connectivity index (χ0n) is 16.6. The normalized spacial score (nSPS) is 15.2. The number of aryl methyl sites for hydroxylation is 1. The van der Waals surface area contributed by atoms with E-state index in [0.29, 0.717) is 11.3 Å². The number of carbonyl (C=O) groups is 2. The van der Waals surface area contributed by atoms with Crippen molar-refractivity contribution in [2.24, 2.45) is 0 Å². The lowest BCUT2D eigenvalue weighted by atomic mass is 10.0. The second kappa shape index (κ2) is 9.51. The van der Waals surface area contributed by atoms with Crippen molar-refractivity contribution in [3.63, 3.8) is 0 Å². The van der Waals surface area contributed by atoms with Gasteiger partial charge < -0.3 is 16.0 Å². The Morgan fingerprint density at radius 2 is 1.71 bits per heavy atom. The van der Waals surface area contributed by atoms with Gasteiger partial charge in [0.05, 0.1) is 17.8 Å². The standard InChI is InChI=1S/C23H29N3O2/c1-16-9-3-6-12-19(16)17(2)24-15-22(27)26-21-14-8-7-13-20(21)23(28)25-18-10-4-5-11-18/h3,6-9,12-14,17-18,24H,4-5,10-11,15H2,1-2H3,(H,25,28)(H,26,27). The van der Waals surface area contributed by atoms with Gasteiger partial charge in [-0.3, -0.25) is 9.59 Å². The molecule has 0 aromatic heterocycles. The number of carbonyl (C=O) groups excluding carboxylic acids is 2. The van der Waals surface area contributed by atoms with Crippen LogP contribution < -0.4 is 16.0 Å². The van der Waals surface area contributed by atoms with Crippen LogP contribution in [0.2, 0.25) is 0 Å². The average molecular weight is 380 g/mol. The first-order chi connectivity index (χ1) is 13.5. The van der Waals surface area contributed by atoms with Crippen LogP contribution in [0.3, 0.4) is 0 Å². The average Bonchev–Trinajstić information content (AvgIpc) is 3.20. The van der Waals surface area contributed by atoms with Crippen molar-refractivity contribution in [3.05, 3.63) is 65.2 Å². The van der Waals surface area contributed by atoms with Gasteiger partial charge in [-0.25, -0.2) is 0 Å². The first-order valence-corrected chi connectivity index (χ1v) is 10.0. The van der Waals surface area contributed by atoms with Crippen LogP contribution in [0.25, 0.3) is 0 Å². The van der Waals surface area contributed by atoms with Gasteiger partial charge in [-0.15, -0.1) is 0 Å². The van der Waals surface area contributed by atoms with Crippen LogP contribution in [0.1, 0.15) is 60.1 Å². The van der Waals surface area contributed by atoms with Crippen LogP contribution in [0.4, 0.5) is 5.69 Å². The zero-order valence-corrected chi connectivity index (χ0v) is 16.6. The van der Waals surface area contributed by atoms with Crippen LogP contribution in [0, 0.1) is 6.92 Å². The maximum Gasteiger partial charge on any atom is 0.253 e. The molecule has 5 nitrogen and oxygen atoms in total. The van der Waals surface area contributed by atoms with E-state index in [9.17, 15) is 9.59 Å². The fourth-order valence-corrected chi connectivity index (χ4v) is 3.75. The second-order valence-corrected chi connectivity index (χ2v) is 7.51. The molecule has 2 aromatic carbocycles. The van der Waals surface area contributed by atoms with Crippen molar-refractivity contribution in [2.75, 3.05) is 11.9 Å². The Hall–Kier alpha value is -2.66. The van der Waals surface area contributed by atoms with Crippen molar-refractivity contribution in [2.45, 2.75) is 51.6 Å². The van der Waals surface area contributed by atoms with Crippen molar-refractivity contribution < 1.29 is 9.59 Å². The number of anilines is 1. The minimum atomic E-state index is -0.165. The molecule has 1 fully saturated rings. The molecule has 5 heteroatoms. The van der Waals surface area contributed by atoms with E-state index in [2.05, 4.69) is 35.0 Å². The Balaban J connectivity index is 1.58. The molecule has 1 saturated carbocycles. The van der Waals surface area contributed by atoms with Gasteiger partial charge >= 0.3 is 0 Å². The predicted octanol–water partition coefficient (Wildman–Crippen LogP) is 3.96. The third-order valence-corrected chi connectivity index (χ3v) is 5.36. The maximum atomic E-state index is 12.6. The summed E-state index contributed by atoms with van der Waals surface area (Å²) in [6, 6.07) is 15.6. The SMILES string of the molecule is Cc1ccccc1C(C)NCC(=O)Nc1ccccc1C(=O)NC1CCCC1. The molecule has 0 radical (unpaired) electrons. The van der Waals surface area contributed by atoms with E-state index in [4.69, 9.17) is 0 Å². The van der Waals surface area contributed by atoms with E-state index in [0.717, 1.165) is 25.7 Å². The van der Waals surface area contributed by atoms with Crippen LogP contribution in [-0.4, -0.2) is 24.4 Å². The Morgan fingerprint density at radius 1 is 1.04 bits per heavy atom. The largest absolute Gasteiger partial charge is 0.349 e. The third-order valence-electron chi connectivity index (χ3n) is 5.36. The van der Waals surface area contributed by atoms with Crippen molar-refractivity contribution >= 4 is 17.5 Å². The van der Waals surface area contributed by atoms with E-state index in [1.807, 2.05) is 31.2 Å². The molecule has 1 aliphatic rings. The Kier molecular flexibility index (Phi) is 6.82. The molecule has 1 aliphatic carbocycles. The highest BCUT2D eigenvalue weighted by molar-refractivity contribution is 6.04. The van der Waals surface area contributed by atoms with E-state index in [-0.39, 0.29) is 30.4 Å². The van der Waals surface area contributed by atoms with Gasteiger partial charge in [-0.2, -0.15) is 0 Å². The molecule has 0 spiro atoms. The summed E-state index contributed by atoms with van der Waals surface area (Å²) in [5.41, 5.74) is 3.42. The van der Waals surface area contributed by atoms with E-state index in [1.54, 1.807) is 12.1 Å². The van der Waals surface area contributed by atoms with Gasteiger partial charge in [0.1, 0.15) is 0 Å². The quantitative estimate of drug-likeness (QED) is 0.682. The number of amides is 2. The summed E-state index contributed by atoms with van der Waals surface area (Å²) in [6.07, 6.45) is 4.38. The molecule has 0 aliphatic heterocycles. The van der Waals surface area contributed by atoms with Gasteiger partial charge in [0.25, 0.3) is 5.91 Å². The molecule has 0 saturated heterocycles. The lowest BCUT2D eigenvalue weighted by Gasteiger charge is -2.17. The van der Waals surface area contributed by atoms with Gasteiger partial charge in [-0.1, -0.05) is 49.2 Å². The van der Waals surface area contributed by atoms with E-state index >= 15 is 0 Å². The maximum absolute atomic E-state index is 12.6. The lowest BCUT2D eigenvalue weighted by Crippen LogP contribution is -2.34. The van der Waals surface area contributed by atoms with Crippen molar-refractivity contribution in [1.82, 2.24) is 10.6 Å². The highest BCUT2D eigenvalue weighted by atomic mass is 16.2. The molecule has 3 N–H and O–H groups in total. The fraction of sp³-hybridized carbons (Fsp3) is 0.391. The van der Waals surface area contributed by atoms with Crippen LogP contribution in [-0.2, 0) is 4.79 Å². The molecule has 3 rings (SSSR count). The van der Waals surface area contributed by atoms with Crippen LogP contribution in [0.5, 0.6) is 0 Å². The number of rotatable bonds is 7. The van der Waals surface area contributed by atoms with E-state index in [1.165, 1.54) is 11.1 Å². The van der Waals surface area contributed by atoms with Gasteiger partial charge in [0, 0.05) is 12.1 Å². The summed E-state index contributed by atoms with van der Waals surface area (Å²) in [5, 5.41) is 9.21. The first-order valence-electron chi connectivity index (χ1n) is 10.0. The molecule has 28 heavy (non-hydrogen) atoms. The van der Waals surface area contributed by atoms with E-state index < -0.39 is 0 Å². The number of nitrogens with one attached hydrogen (secondary N) is 3. The minimum absolute atomic E-state index is 0.0628. The summed E-state index contributed by atoms with van der Waals surface area (Å²) in [6.45, 7) is 4.28. The molecule has 1 atom stereocenters. The fourth-order valence-electron chi connectivity index (χ4n) is 3.75. The molecule has 0 heterocycles.